The lowest BCUT2D eigenvalue weighted by atomic mass is 10.1. The topological polar surface area (TPSA) is 78.5 Å². The molecule has 8 heteroatoms. The van der Waals surface area contributed by atoms with Crippen LogP contribution in [0, 0.1) is 0 Å². The Balaban J connectivity index is 2.28. The smallest absolute Gasteiger partial charge is 0.159 e. The van der Waals surface area contributed by atoms with Crippen LogP contribution in [0.5, 0.6) is 5.75 Å². The van der Waals surface area contributed by atoms with E-state index in [9.17, 15) is 13.6 Å². The van der Waals surface area contributed by atoms with Crippen LogP contribution < -0.4 is 9.46 Å². The number of nitrogens with one attached hydrogen (secondary N) is 1. The zero-order valence-electron chi connectivity index (χ0n) is 12.0. The minimum Gasteiger partial charge on any atom is -0.755 e. The number of anilines is 1. The van der Waals surface area contributed by atoms with Gasteiger partial charge in [-0.05, 0) is 37.3 Å². The van der Waals surface area contributed by atoms with Crippen molar-refractivity contribution in [2.75, 3.05) is 4.72 Å². The summed E-state index contributed by atoms with van der Waals surface area (Å²) in [4.78, 5) is 11.5. The summed E-state index contributed by atoms with van der Waals surface area (Å²) in [6.07, 6.45) is 0. The third-order valence-corrected chi connectivity index (χ3v) is 3.92. The molecule has 0 saturated heterocycles. The molecule has 1 atom stereocenters. The molecule has 2 aromatic rings. The number of halogens is 2. The van der Waals surface area contributed by atoms with E-state index in [0.717, 1.165) is 0 Å². The highest BCUT2D eigenvalue weighted by Crippen LogP contribution is 2.29. The predicted molar refractivity (Wildman–Crippen MR) is 89.8 cm³/mol. The molecule has 2 rings (SSSR count). The van der Waals surface area contributed by atoms with Gasteiger partial charge in [0.25, 0.3) is 0 Å². The van der Waals surface area contributed by atoms with Crippen molar-refractivity contribution in [1.82, 2.24) is 0 Å². The highest BCUT2D eigenvalue weighted by Gasteiger charge is 2.09. The van der Waals surface area contributed by atoms with Crippen LogP contribution in [-0.4, -0.2) is 14.5 Å². The van der Waals surface area contributed by atoms with Crippen LogP contribution in [0.3, 0.4) is 0 Å². The molecular weight excluding hydrogens is 361 g/mol. The van der Waals surface area contributed by atoms with Crippen LogP contribution in [-0.2, 0) is 17.9 Å². The molecule has 0 aromatic heterocycles. The molecule has 0 fully saturated rings. The van der Waals surface area contributed by atoms with E-state index in [1.54, 1.807) is 24.3 Å². The number of hydrogen-bond acceptors (Lipinski definition) is 4. The number of carbonyl (C=O) groups excluding carboxylic acids is 1. The first kappa shape index (κ1) is 17.7. The third-order valence-electron chi connectivity index (χ3n) is 2.98. The Morgan fingerprint density at radius 1 is 1.26 bits per heavy atom. The maximum Gasteiger partial charge on any atom is 0.159 e. The van der Waals surface area contributed by atoms with Crippen molar-refractivity contribution in [3.8, 4) is 5.75 Å². The zero-order chi connectivity index (χ0) is 17.0. The second-order valence-electron chi connectivity index (χ2n) is 4.63. The Hall–Kier alpha value is -1.60. The van der Waals surface area contributed by atoms with Crippen LogP contribution in [0.15, 0.2) is 36.4 Å². The number of benzene rings is 2. The van der Waals surface area contributed by atoms with E-state index < -0.39 is 11.3 Å². The van der Waals surface area contributed by atoms with Crippen molar-refractivity contribution in [3.63, 3.8) is 0 Å². The Labute approximate surface area is 146 Å². The molecule has 0 radical (unpaired) electrons. The average molecular weight is 373 g/mol. The summed E-state index contributed by atoms with van der Waals surface area (Å²) in [7, 11) is 0. The van der Waals surface area contributed by atoms with E-state index in [4.69, 9.17) is 27.9 Å². The standard InChI is InChI=1S/C15H13Cl2NO4S/c1-9(19)10-2-5-14(18-23(20)21)11(6-10)8-22-15-7-12(16)3-4-13(15)17/h2-7,18H,8H2,1H3,(H,20,21)/p-1. The summed E-state index contributed by atoms with van der Waals surface area (Å²) < 4.78 is 29.6. The van der Waals surface area contributed by atoms with E-state index in [0.29, 0.717) is 32.6 Å². The Bertz CT molecular complexity index is 767. The fourth-order valence-electron chi connectivity index (χ4n) is 1.86. The molecule has 0 saturated carbocycles. The van der Waals surface area contributed by atoms with Gasteiger partial charge in [-0.25, -0.2) is 0 Å². The van der Waals surface area contributed by atoms with Crippen LogP contribution in [0.1, 0.15) is 22.8 Å². The molecule has 1 unspecified atom stereocenters. The Morgan fingerprint density at radius 2 is 2.00 bits per heavy atom. The van der Waals surface area contributed by atoms with E-state index >= 15 is 0 Å². The fourth-order valence-corrected chi connectivity index (χ4v) is 2.58. The summed E-state index contributed by atoms with van der Waals surface area (Å²) in [5.41, 5.74) is 1.27. The van der Waals surface area contributed by atoms with Gasteiger partial charge >= 0.3 is 0 Å². The van der Waals surface area contributed by atoms with Gasteiger partial charge in [-0.1, -0.05) is 23.2 Å². The SMILES string of the molecule is CC(=O)c1ccc(NS(=O)[O-])c(COc2cc(Cl)ccc2Cl)c1. The quantitative estimate of drug-likeness (QED) is 0.614. The number of rotatable bonds is 6. The predicted octanol–water partition coefficient (Wildman–Crippen LogP) is 3.98. The van der Waals surface area contributed by atoms with Crippen LogP contribution >= 0.6 is 23.2 Å². The zero-order valence-corrected chi connectivity index (χ0v) is 14.3. The summed E-state index contributed by atoms with van der Waals surface area (Å²) in [6.45, 7) is 1.44. The molecule has 0 aliphatic carbocycles. The maximum absolute atomic E-state index is 11.5. The van der Waals surface area contributed by atoms with Crippen molar-refractivity contribution < 1.29 is 18.3 Å². The molecule has 23 heavy (non-hydrogen) atoms. The highest BCUT2D eigenvalue weighted by atomic mass is 35.5. The number of hydrogen-bond donors (Lipinski definition) is 1. The number of Topliss-reactive ketones (excluding diaryl/α,β-unsaturated/α-hetero) is 1. The molecule has 122 valence electrons. The van der Waals surface area contributed by atoms with Crippen molar-refractivity contribution in [1.29, 1.82) is 0 Å². The lowest BCUT2D eigenvalue weighted by molar-refractivity contribution is 0.101. The van der Waals surface area contributed by atoms with Gasteiger partial charge in [0.2, 0.25) is 0 Å². The van der Waals surface area contributed by atoms with Gasteiger partial charge in [0.15, 0.2) is 5.78 Å². The van der Waals surface area contributed by atoms with Gasteiger partial charge < -0.3 is 14.0 Å². The van der Waals surface area contributed by atoms with Gasteiger partial charge in [-0.15, -0.1) is 0 Å². The molecule has 0 spiro atoms. The number of carbonyl (C=O) groups is 1. The first-order valence-corrected chi connectivity index (χ1v) is 8.27. The summed E-state index contributed by atoms with van der Waals surface area (Å²) >= 11 is 9.42. The van der Waals surface area contributed by atoms with Crippen LogP contribution in [0.25, 0.3) is 0 Å². The summed E-state index contributed by atoms with van der Waals surface area (Å²) in [5, 5.41) is 0.833. The van der Waals surface area contributed by atoms with E-state index in [1.165, 1.54) is 19.1 Å². The fraction of sp³-hybridized carbons (Fsp3) is 0.133. The number of ether oxygens (including phenoxy) is 1. The van der Waals surface area contributed by atoms with Gasteiger partial charge in [-0.2, -0.15) is 0 Å². The highest BCUT2D eigenvalue weighted by molar-refractivity contribution is 7.80. The van der Waals surface area contributed by atoms with Crippen molar-refractivity contribution in [2.24, 2.45) is 0 Å². The first-order chi connectivity index (χ1) is 10.9. The minimum absolute atomic E-state index is 0.0146. The molecule has 0 aliphatic rings. The number of ketones is 1. The summed E-state index contributed by atoms with van der Waals surface area (Å²) in [6, 6.07) is 9.38. The van der Waals surface area contributed by atoms with Crippen molar-refractivity contribution in [3.05, 3.63) is 57.6 Å². The molecule has 1 N–H and O–H groups in total. The van der Waals surface area contributed by atoms with E-state index in [1.807, 2.05) is 0 Å². The van der Waals surface area contributed by atoms with Crippen LogP contribution in [0.4, 0.5) is 5.69 Å². The molecule has 0 amide bonds. The van der Waals surface area contributed by atoms with E-state index in [2.05, 4.69) is 4.72 Å². The largest absolute Gasteiger partial charge is 0.755 e. The lowest BCUT2D eigenvalue weighted by Gasteiger charge is -2.15. The van der Waals surface area contributed by atoms with Gasteiger partial charge in [0, 0.05) is 33.5 Å². The van der Waals surface area contributed by atoms with E-state index in [-0.39, 0.29) is 12.4 Å². The lowest BCUT2D eigenvalue weighted by Crippen LogP contribution is -2.08. The minimum atomic E-state index is -2.49. The second-order valence-corrected chi connectivity index (χ2v) is 6.15. The van der Waals surface area contributed by atoms with Gasteiger partial charge in [0.05, 0.1) is 10.7 Å². The molecule has 5 nitrogen and oxygen atoms in total. The molecule has 0 aliphatic heterocycles. The third kappa shape index (κ3) is 4.94. The van der Waals surface area contributed by atoms with Crippen molar-refractivity contribution >= 4 is 45.9 Å². The average Bonchev–Trinajstić information content (AvgIpc) is 2.48. The second kappa shape index (κ2) is 7.79. The van der Waals surface area contributed by atoms with Crippen molar-refractivity contribution in [2.45, 2.75) is 13.5 Å². The first-order valence-electron chi connectivity index (χ1n) is 6.44. The Morgan fingerprint density at radius 3 is 2.65 bits per heavy atom. The normalized spacial score (nSPS) is 11.8. The van der Waals surface area contributed by atoms with Gasteiger partial charge in [-0.3, -0.25) is 9.00 Å². The Kier molecular flexibility index (Phi) is 6.01. The monoisotopic (exact) mass is 372 g/mol. The summed E-state index contributed by atoms with van der Waals surface area (Å²) in [5.74, 6) is 0.225. The molecule has 2 aromatic carbocycles. The van der Waals surface area contributed by atoms with Gasteiger partial charge in [0.1, 0.15) is 12.4 Å². The molecular formula is C15H12Cl2NO4S-. The molecule has 0 bridgehead atoms. The maximum atomic E-state index is 11.5. The van der Waals surface area contributed by atoms with Crippen LogP contribution in [0.2, 0.25) is 10.0 Å². The molecule has 0 heterocycles.